The summed E-state index contributed by atoms with van der Waals surface area (Å²) in [6.07, 6.45) is 1.86. The zero-order chi connectivity index (χ0) is 11.8. The molecule has 0 atom stereocenters. The van der Waals surface area contributed by atoms with Crippen molar-refractivity contribution in [2.45, 2.75) is 6.92 Å². The lowest BCUT2D eigenvalue weighted by Crippen LogP contribution is -1.96. The van der Waals surface area contributed by atoms with Gasteiger partial charge in [0.2, 0.25) is 5.95 Å². The van der Waals surface area contributed by atoms with Gasteiger partial charge in [0, 0.05) is 25.0 Å². The third kappa shape index (κ3) is 1.73. The molecule has 0 saturated heterocycles. The van der Waals surface area contributed by atoms with Crippen LogP contribution in [0.25, 0.3) is 5.65 Å². The number of rotatable bonds is 2. The average Bonchev–Trinajstić information content (AvgIpc) is 2.86. The smallest absolute Gasteiger partial charge is 0.248 e. The molecule has 0 amide bonds. The average molecular weight is 228 g/mol. The Bertz CT molecular complexity index is 665. The molecule has 0 aliphatic rings. The van der Waals surface area contributed by atoms with Gasteiger partial charge in [-0.1, -0.05) is 6.07 Å². The van der Waals surface area contributed by atoms with Crippen LogP contribution in [-0.2, 0) is 7.05 Å². The van der Waals surface area contributed by atoms with E-state index in [4.69, 9.17) is 0 Å². The Balaban J connectivity index is 1.98. The first-order chi connectivity index (χ1) is 8.22. The molecule has 0 saturated carbocycles. The molecule has 1 N–H and O–H groups in total. The highest BCUT2D eigenvalue weighted by molar-refractivity contribution is 5.51. The molecule has 3 rings (SSSR count). The number of pyridine rings is 1. The lowest BCUT2D eigenvalue weighted by molar-refractivity contribution is 0.770. The highest BCUT2D eigenvalue weighted by Crippen LogP contribution is 2.12. The Labute approximate surface area is 97.9 Å². The first-order valence-electron chi connectivity index (χ1n) is 5.31. The van der Waals surface area contributed by atoms with Gasteiger partial charge in [0.25, 0.3) is 0 Å². The van der Waals surface area contributed by atoms with Gasteiger partial charge < -0.3 is 5.32 Å². The molecule has 3 heterocycles. The second kappa shape index (κ2) is 3.58. The van der Waals surface area contributed by atoms with Gasteiger partial charge in [-0.05, 0) is 19.1 Å². The Morgan fingerprint density at radius 2 is 2.06 bits per heavy atom. The van der Waals surface area contributed by atoms with Gasteiger partial charge in [-0.3, -0.25) is 4.68 Å². The van der Waals surface area contributed by atoms with Gasteiger partial charge in [0.15, 0.2) is 11.5 Å². The molecular formula is C11H12N6. The normalized spacial score (nSPS) is 10.9. The monoisotopic (exact) mass is 228 g/mol. The molecule has 0 radical (unpaired) electrons. The summed E-state index contributed by atoms with van der Waals surface area (Å²) in [5.74, 6) is 1.29. The van der Waals surface area contributed by atoms with Crippen LogP contribution >= 0.6 is 0 Å². The zero-order valence-corrected chi connectivity index (χ0v) is 9.62. The summed E-state index contributed by atoms with van der Waals surface area (Å²) in [5, 5.41) is 11.6. The van der Waals surface area contributed by atoms with Crippen LogP contribution in [0.15, 0.2) is 30.5 Å². The van der Waals surface area contributed by atoms with Crippen LogP contribution < -0.4 is 5.32 Å². The second-order valence-corrected chi connectivity index (χ2v) is 3.87. The summed E-state index contributed by atoms with van der Waals surface area (Å²) in [7, 11) is 1.87. The maximum absolute atomic E-state index is 4.37. The highest BCUT2D eigenvalue weighted by atomic mass is 15.4. The van der Waals surface area contributed by atoms with Crippen LogP contribution in [0.2, 0.25) is 0 Å². The van der Waals surface area contributed by atoms with Crippen LogP contribution in [0.4, 0.5) is 11.8 Å². The fraction of sp³-hybridized carbons (Fsp3) is 0.182. The molecule has 0 aliphatic heterocycles. The Kier molecular flexibility index (Phi) is 2.07. The molecule has 3 aromatic heterocycles. The van der Waals surface area contributed by atoms with Crippen LogP contribution in [0.5, 0.6) is 0 Å². The SMILES string of the molecule is Cc1cccc2nc(Nc3ccn(C)n3)nn12. The minimum atomic E-state index is 0.554. The summed E-state index contributed by atoms with van der Waals surface area (Å²) in [6, 6.07) is 7.75. The van der Waals surface area contributed by atoms with Crippen molar-refractivity contribution in [1.82, 2.24) is 24.4 Å². The predicted molar refractivity (Wildman–Crippen MR) is 64.2 cm³/mol. The molecule has 86 valence electrons. The van der Waals surface area contributed by atoms with Crippen LogP contribution in [0.3, 0.4) is 0 Å². The van der Waals surface area contributed by atoms with Crippen molar-refractivity contribution in [1.29, 1.82) is 0 Å². The molecule has 0 spiro atoms. The van der Waals surface area contributed by atoms with Crippen molar-refractivity contribution in [3.8, 4) is 0 Å². The summed E-state index contributed by atoms with van der Waals surface area (Å²) >= 11 is 0. The largest absolute Gasteiger partial charge is 0.306 e. The minimum Gasteiger partial charge on any atom is -0.306 e. The number of aromatic nitrogens is 5. The molecule has 6 nitrogen and oxygen atoms in total. The Morgan fingerprint density at radius 1 is 1.18 bits per heavy atom. The van der Waals surface area contributed by atoms with Crippen molar-refractivity contribution in [2.75, 3.05) is 5.32 Å². The number of nitrogens with zero attached hydrogens (tertiary/aromatic N) is 5. The number of nitrogens with one attached hydrogen (secondary N) is 1. The topological polar surface area (TPSA) is 60.0 Å². The number of anilines is 2. The second-order valence-electron chi connectivity index (χ2n) is 3.87. The van der Waals surface area contributed by atoms with Gasteiger partial charge >= 0.3 is 0 Å². The third-order valence-electron chi connectivity index (χ3n) is 2.50. The van der Waals surface area contributed by atoms with E-state index in [0.717, 1.165) is 17.2 Å². The predicted octanol–water partition coefficient (Wildman–Crippen LogP) is 1.51. The van der Waals surface area contributed by atoms with Crippen LogP contribution in [0.1, 0.15) is 5.69 Å². The molecule has 0 aliphatic carbocycles. The first kappa shape index (κ1) is 9.83. The van der Waals surface area contributed by atoms with Crippen molar-refractivity contribution in [2.24, 2.45) is 7.05 Å². The molecular weight excluding hydrogens is 216 g/mol. The van der Waals surface area contributed by atoms with Crippen LogP contribution in [-0.4, -0.2) is 24.4 Å². The fourth-order valence-electron chi connectivity index (χ4n) is 1.68. The molecule has 0 aromatic carbocycles. The molecule has 17 heavy (non-hydrogen) atoms. The number of fused-ring (bicyclic) bond motifs is 1. The quantitative estimate of drug-likeness (QED) is 0.722. The van der Waals surface area contributed by atoms with Gasteiger partial charge in [-0.2, -0.15) is 10.1 Å². The Morgan fingerprint density at radius 3 is 2.76 bits per heavy atom. The minimum absolute atomic E-state index is 0.554. The van der Waals surface area contributed by atoms with Crippen molar-refractivity contribution >= 4 is 17.4 Å². The third-order valence-corrected chi connectivity index (χ3v) is 2.50. The lowest BCUT2D eigenvalue weighted by Gasteiger charge is -1.95. The van der Waals surface area contributed by atoms with Crippen molar-refractivity contribution < 1.29 is 0 Å². The van der Waals surface area contributed by atoms with Gasteiger partial charge in [0.05, 0.1) is 0 Å². The van der Waals surface area contributed by atoms with E-state index in [1.54, 1.807) is 9.20 Å². The maximum Gasteiger partial charge on any atom is 0.248 e. The molecule has 6 heteroatoms. The Hall–Kier alpha value is -2.37. The van der Waals surface area contributed by atoms with E-state index in [1.807, 2.05) is 44.4 Å². The highest BCUT2D eigenvalue weighted by Gasteiger charge is 2.05. The molecule has 0 bridgehead atoms. The zero-order valence-electron chi connectivity index (χ0n) is 9.62. The van der Waals surface area contributed by atoms with E-state index in [-0.39, 0.29) is 0 Å². The lowest BCUT2D eigenvalue weighted by atomic mass is 10.4. The first-order valence-corrected chi connectivity index (χ1v) is 5.31. The summed E-state index contributed by atoms with van der Waals surface area (Å²) < 4.78 is 3.52. The fourth-order valence-corrected chi connectivity index (χ4v) is 1.68. The number of aryl methyl sites for hydroxylation is 2. The maximum atomic E-state index is 4.37. The molecule has 3 aromatic rings. The standard InChI is InChI=1S/C11H12N6/c1-8-4-3-5-10-13-11(15-17(8)10)12-9-6-7-16(2)14-9/h3-7H,1-2H3,(H,12,14,15). The summed E-state index contributed by atoms with van der Waals surface area (Å²) in [5.41, 5.74) is 1.87. The van der Waals surface area contributed by atoms with Gasteiger partial charge in [-0.25, -0.2) is 4.52 Å². The van der Waals surface area contributed by atoms with E-state index in [9.17, 15) is 0 Å². The van der Waals surface area contributed by atoms with Gasteiger partial charge in [-0.15, -0.1) is 5.10 Å². The van der Waals surface area contributed by atoms with Crippen LogP contribution in [0, 0.1) is 6.92 Å². The van der Waals surface area contributed by atoms with Crippen molar-refractivity contribution in [3.05, 3.63) is 36.2 Å². The van der Waals surface area contributed by atoms with E-state index in [0.29, 0.717) is 5.95 Å². The van der Waals surface area contributed by atoms with E-state index >= 15 is 0 Å². The summed E-state index contributed by atoms with van der Waals surface area (Å²) in [4.78, 5) is 4.37. The van der Waals surface area contributed by atoms with E-state index in [1.165, 1.54) is 0 Å². The van der Waals surface area contributed by atoms with E-state index in [2.05, 4.69) is 20.5 Å². The summed E-state index contributed by atoms with van der Waals surface area (Å²) in [6.45, 7) is 1.99. The molecule has 0 unspecified atom stereocenters. The van der Waals surface area contributed by atoms with Crippen molar-refractivity contribution in [3.63, 3.8) is 0 Å². The van der Waals surface area contributed by atoms with Gasteiger partial charge in [0.1, 0.15) is 0 Å². The number of hydrogen-bond acceptors (Lipinski definition) is 4. The molecule has 0 fully saturated rings. The number of hydrogen-bond donors (Lipinski definition) is 1. The van der Waals surface area contributed by atoms with E-state index < -0.39 is 0 Å².